The molecule has 0 aromatic heterocycles. The second-order valence-corrected chi connectivity index (χ2v) is 5.90. The Morgan fingerprint density at radius 3 is 2.64 bits per heavy atom. The zero-order valence-electron chi connectivity index (χ0n) is 15.2. The summed E-state index contributed by atoms with van der Waals surface area (Å²) in [6.07, 6.45) is 0. The van der Waals surface area contributed by atoms with Crippen LogP contribution in [0.15, 0.2) is 42.5 Å². The summed E-state index contributed by atoms with van der Waals surface area (Å²) >= 11 is 0. The van der Waals surface area contributed by atoms with Gasteiger partial charge in [0.15, 0.2) is 11.5 Å². The second kappa shape index (κ2) is 8.76. The number of amides is 4. The third-order valence-corrected chi connectivity index (χ3v) is 3.98. The standard InChI is InChI=1S/C19H20N4O5/c1-20-19(26)23-17(24)10-21-14-5-3-2-4-13(14)18(25)22-9-12-6-7-15-16(8-12)28-11-27-15/h2-8,21H,9-11H2,1H3,(H,22,25)(H2,20,23,24,26). The minimum Gasteiger partial charge on any atom is -0.454 e. The molecule has 0 spiro atoms. The van der Waals surface area contributed by atoms with Crippen molar-refractivity contribution in [2.75, 3.05) is 25.7 Å². The molecule has 0 bridgehead atoms. The number of nitrogens with one attached hydrogen (secondary N) is 4. The van der Waals surface area contributed by atoms with E-state index < -0.39 is 11.9 Å². The Morgan fingerprint density at radius 2 is 1.82 bits per heavy atom. The smallest absolute Gasteiger partial charge is 0.321 e. The van der Waals surface area contributed by atoms with E-state index in [0.29, 0.717) is 29.3 Å². The van der Waals surface area contributed by atoms with Crippen LogP contribution in [0, 0.1) is 0 Å². The molecule has 1 aliphatic rings. The molecule has 0 radical (unpaired) electrons. The molecular weight excluding hydrogens is 364 g/mol. The van der Waals surface area contributed by atoms with Gasteiger partial charge in [-0.3, -0.25) is 14.9 Å². The van der Waals surface area contributed by atoms with Gasteiger partial charge in [-0.15, -0.1) is 0 Å². The number of anilines is 1. The number of para-hydroxylation sites is 1. The van der Waals surface area contributed by atoms with Crippen molar-refractivity contribution in [3.63, 3.8) is 0 Å². The fraction of sp³-hybridized carbons (Fsp3) is 0.211. The van der Waals surface area contributed by atoms with Crippen molar-refractivity contribution < 1.29 is 23.9 Å². The molecule has 0 saturated carbocycles. The SMILES string of the molecule is CNC(=O)NC(=O)CNc1ccccc1C(=O)NCc1ccc2c(c1)OCO2. The van der Waals surface area contributed by atoms with Gasteiger partial charge in [0.2, 0.25) is 12.7 Å². The maximum absolute atomic E-state index is 12.6. The van der Waals surface area contributed by atoms with Crippen molar-refractivity contribution in [2.24, 2.45) is 0 Å². The number of urea groups is 1. The van der Waals surface area contributed by atoms with E-state index in [9.17, 15) is 14.4 Å². The molecule has 9 heteroatoms. The molecule has 3 rings (SSSR count). The summed E-state index contributed by atoms with van der Waals surface area (Å²) in [4.78, 5) is 35.4. The van der Waals surface area contributed by atoms with Gasteiger partial charge in [-0.2, -0.15) is 0 Å². The van der Waals surface area contributed by atoms with E-state index in [-0.39, 0.29) is 19.2 Å². The Morgan fingerprint density at radius 1 is 1.04 bits per heavy atom. The summed E-state index contributed by atoms with van der Waals surface area (Å²) in [5.41, 5.74) is 1.74. The van der Waals surface area contributed by atoms with Crippen LogP contribution in [-0.4, -0.2) is 38.2 Å². The number of hydrogen-bond acceptors (Lipinski definition) is 6. The number of ether oxygens (including phenoxy) is 2. The van der Waals surface area contributed by atoms with Crippen molar-refractivity contribution in [3.05, 3.63) is 53.6 Å². The van der Waals surface area contributed by atoms with E-state index >= 15 is 0 Å². The summed E-state index contributed by atoms with van der Waals surface area (Å²) in [5.74, 6) is 0.512. The average Bonchev–Trinajstić information content (AvgIpc) is 3.18. The van der Waals surface area contributed by atoms with Gasteiger partial charge >= 0.3 is 6.03 Å². The summed E-state index contributed by atoms with van der Waals surface area (Å²) in [5, 5.41) is 10.1. The third kappa shape index (κ3) is 4.70. The number of benzene rings is 2. The van der Waals surface area contributed by atoms with Gasteiger partial charge in [0, 0.05) is 19.3 Å². The number of fused-ring (bicyclic) bond motifs is 1. The molecule has 1 aliphatic heterocycles. The van der Waals surface area contributed by atoms with Gasteiger partial charge < -0.3 is 25.4 Å². The Kier molecular flexibility index (Phi) is 5.95. The largest absolute Gasteiger partial charge is 0.454 e. The van der Waals surface area contributed by atoms with Crippen molar-refractivity contribution in [1.82, 2.24) is 16.0 Å². The minimum atomic E-state index is -0.596. The molecule has 1 heterocycles. The predicted molar refractivity (Wildman–Crippen MR) is 101 cm³/mol. The first-order valence-electron chi connectivity index (χ1n) is 8.58. The molecule has 2 aromatic rings. The van der Waals surface area contributed by atoms with E-state index in [1.807, 2.05) is 12.1 Å². The van der Waals surface area contributed by atoms with Crippen molar-refractivity contribution in [3.8, 4) is 11.5 Å². The van der Waals surface area contributed by atoms with Crippen LogP contribution < -0.4 is 30.7 Å². The van der Waals surface area contributed by atoms with Crippen molar-refractivity contribution in [1.29, 1.82) is 0 Å². The lowest BCUT2D eigenvalue weighted by Crippen LogP contribution is -2.40. The molecule has 9 nitrogen and oxygen atoms in total. The zero-order valence-corrected chi connectivity index (χ0v) is 15.2. The van der Waals surface area contributed by atoms with Gasteiger partial charge in [-0.25, -0.2) is 4.79 Å². The molecule has 0 aliphatic carbocycles. The molecule has 0 unspecified atom stereocenters. The summed E-state index contributed by atoms with van der Waals surface area (Å²) < 4.78 is 10.6. The van der Waals surface area contributed by atoms with E-state index in [0.717, 1.165) is 5.56 Å². The summed E-state index contributed by atoms with van der Waals surface area (Å²) in [6.45, 7) is 0.346. The van der Waals surface area contributed by atoms with Crippen molar-refractivity contribution >= 4 is 23.5 Å². The maximum atomic E-state index is 12.6. The molecule has 0 atom stereocenters. The van der Waals surface area contributed by atoms with Gasteiger partial charge in [-0.05, 0) is 29.8 Å². The molecule has 0 fully saturated rings. The maximum Gasteiger partial charge on any atom is 0.321 e. The highest BCUT2D eigenvalue weighted by Gasteiger charge is 2.15. The minimum absolute atomic E-state index is 0.153. The van der Waals surface area contributed by atoms with E-state index in [2.05, 4.69) is 21.3 Å². The lowest BCUT2D eigenvalue weighted by Gasteiger charge is -2.12. The molecule has 4 amide bonds. The van der Waals surface area contributed by atoms with Gasteiger partial charge in [0.05, 0.1) is 12.1 Å². The predicted octanol–water partition coefficient (Wildman–Crippen LogP) is 1.21. The number of hydrogen-bond donors (Lipinski definition) is 4. The van der Waals surface area contributed by atoms with Crippen LogP contribution in [0.25, 0.3) is 0 Å². The highest BCUT2D eigenvalue weighted by molar-refractivity contribution is 6.01. The van der Waals surface area contributed by atoms with Crippen LogP contribution in [0.2, 0.25) is 0 Å². The summed E-state index contributed by atoms with van der Waals surface area (Å²) in [7, 11) is 1.41. The monoisotopic (exact) mass is 384 g/mol. The van der Waals surface area contributed by atoms with E-state index in [1.54, 1.807) is 30.3 Å². The topological polar surface area (TPSA) is 118 Å². The normalized spacial score (nSPS) is 11.5. The van der Waals surface area contributed by atoms with Gasteiger partial charge in [-0.1, -0.05) is 18.2 Å². The van der Waals surface area contributed by atoms with Crippen LogP contribution in [0.4, 0.5) is 10.5 Å². The van der Waals surface area contributed by atoms with Crippen LogP contribution in [0.5, 0.6) is 11.5 Å². The number of imide groups is 1. The van der Waals surface area contributed by atoms with Gasteiger partial charge in [0.25, 0.3) is 5.91 Å². The number of carbonyl (C=O) groups is 3. The second-order valence-electron chi connectivity index (χ2n) is 5.90. The first-order chi connectivity index (χ1) is 13.6. The molecule has 4 N–H and O–H groups in total. The fourth-order valence-electron chi connectivity index (χ4n) is 2.57. The lowest BCUT2D eigenvalue weighted by molar-refractivity contribution is -0.118. The Labute approximate surface area is 161 Å². The fourth-order valence-corrected chi connectivity index (χ4v) is 2.57. The molecule has 2 aromatic carbocycles. The Balaban J connectivity index is 1.59. The number of carbonyl (C=O) groups excluding carboxylic acids is 3. The highest BCUT2D eigenvalue weighted by atomic mass is 16.7. The summed E-state index contributed by atoms with van der Waals surface area (Å²) in [6, 6.07) is 11.7. The van der Waals surface area contributed by atoms with E-state index in [1.165, 1.54) is 7.05 Å². The average molecular weight is 384 g/mol. The molecular formula is C19H20N4O5. The van der Waals surface area contributed by atoms with Crippen LogP contribution in [-0.2, 0) is 11.3 Å². The highest BCUT2D eigenvalue weighted by Crippen LogP contribution is 2.32. The van der Waals surface area contributed by atoms with Crippen LogP contribution in [0.3, 0.4) is 0 Å². The quantitative estimate of drug-likeness (QED) is 0.595. The molecule has 0 saturated heterocycles. The first-order valence-corrected chi connectivity index (χ1v) is 8.58. The first kappa shape index (κ1) is 19.0. The van der Waals surface area contributed by atoms with Crippen LogP contribution >= 0.6 is 0 Å². The van der Waals surface area contributed by atoms with E-state index in [4.69, 9.17) is 9.47 Å². The van der Waals surface area contributed by atoms with Crippen molar-refractivity contribution in [2.45, 2.75) is 6.54 Å². The number of rotatable bonds is 6. The Bertz CT molecular complexity index is 900. The Hall–Kier alpha value is -3.75. The molecule has 28 heavy (non-hydrogen) atoms. The lowest BCUT2D eigenvalue weighted by atomic mass is 10.1. The molecule has 146 valence electrons. The van der Waals surface area contributed by atoms with Gasteiger partial charge in [0.1, 0.15) is 0 Å². The third-order valence-electron chi connectivity index (χ3n) is 3.98. The zero-order chi connectivity index (χ0) is 19.9. The van der Waals surface area contributed by atoms with Crippen LogP contribution in [0.1, 0.15) is 15.9 Å².